The van der Waals surface area contributed by atoms with Crippen molar-refractivity contribution in [3.63, 3.8) is 0 Å². The molecule has 3 atom stereocenters. The van der Waals surface area contributed by atoms with Crippen molar-refractivity contribution < 1.29 is 18.3 Å². The van der Waals surface area contributed by atoms with Gasteiger partial charge in [0.15, 0.2) is 14.6 Å². The number of anilines is 3. The molecule has 0 radical (unpaired) electrons. The molecule has 196 valence electrons. The van der Waals surface area contributed by atoms with Crippen LogP contribution in [-0.2, 0) is 20.0 Å². The van der Waals surface area contributed by atoms with Crippen molar-refractivity contribution >= 4 is 33.2 Å². The Morgan fingerprint density at radius 3 is 2.54 bits per heavy atom. The fourth-order valence-corrected chi connectivity index (χ4v) is 7.35. The number of rotatable bonds is 4. The summed E-state index contributed by atoms with van der Waals surface area (Å²) < 4.78 is 23.2. The second kappa shape index (κ2) is 8.63. The molecule has 3 aliphatic rings. The first-order chi connectivity index (χ1) is 17.5. The van der Waals surface area contributed by atoms with Gasteiger partial charge in [-0.1, -0.05) is 13.8 Å². The number of amides is 1. The van der Waals surface area contributed by atoms with Crippen LogP contribution in [0.5, 0.6) is 0 Å². The summed E-state index contributed by atoms with van der Waals surface area (Å²) in [6.45, 7) is 8.79. The van der Waals surface area contributed by atoms with E-state index in [2.05, 4.69) is 39.8 Å². The fraction of sp³-hybridized carbons (Fsp3) is 0.560. The lowest BCUT2D eigenvalue weighted by atomic mass is 9.87. The maximum atomic E-state index is 13.4. The molecule has 12 heteroatoms. The zero-order valence-electron chi connectivity index (χ0n) is 21.4. The minimum Gasteiger partial charge on any atom is -0.394 e. The summed E-state index contributed by atoms with van der Waals surface area (Å²) in [5, 5.41) is 19.2. The molecule has 0 aromatic carbocycles. The van der Waals surface area contributed by atoms with E-state index in [1.165, 1.54) is 6.33 Å². The molecular weight excluding hydrogens is 494 g/mol. The van der Waals surface area contributed by atoms with Gasteiger partial charge in [-0.05, 0) is 32.4 Å². The summed E-state index contributed by atoms with van der Waals surface area (Å²) in [5.41, 5.74) is 1.15. The molecule has 0 spiro atoms. The van der Waals surface area contributed by atoms with E-state index in [4.69, 9.17) is 0 Å². The second-order valence-electron chi connectivity index (χ2n) is 10.9. The normalized spacial score (nSPS) is 27.8. The molecule has 2 aromatic rings. The average Bonchev–Trinajstić information content (AvgIpc) is 3.16. The number of hydrogen-bond acceptors (Lipinski definition) is 10. The standard InChI is InChI=1S/C25H31N7O4S/c1-16-12-31(23(34)25(14-33)6-8-37(25,35)36)17(2)11-30(16)21-20-22(29-15-28-21)32(13-24(20,3)4)19-9-18(10-26)5-7-27-19/h5,7,9,15-17,33H,6,8,11-14H2,1-4H3/t16-,17+,25?/m0/s1. The Morgan fingerprint density at radius 1 is 1.19 bits per heavy atom. The Labute approximate surface area is 216 Å². The van der Waals surface area contributed by atoms with Crippen LogP contribution in [0.15, 0.2) is 24.7 Å². The average molecular weight is 526 g/mol. The third-order valence-electron chi connectivity index (χ3n) is 7.98. The zero-order chi connectivity index (χ0) is 26.8. The summed E-state index contributed by atoms with van der Waals surface area (Å²) >= 11 is 0. The van der Waals surface area contributed by atoms with Crippen LogP contribution in [0.1, 0.15) is 45.2 Å². The summed E-state index contributed by atoms with van der Waals surface area (Å²) in [4.78, 5) is 32.9. The van der Waals surface area contributed by atoms with Crippen LogP contribution in [0.3, 0.4) is 0 Å². The Hall–Kier alpha value is -3.30. The number of sulfone groups is 1. The van der Waals surface area contributed by atoms with Gasteiger partial charge in [0, 0.05) is 48.9 Å². The lowest BCUT2D eigenvalue weighted by molar-refractivity contribution is -0.138. The number of piperazine rings is 1. The third-order valence-corrected chi connectivity index (χ3v) is 10.4. The number of hydrogen-bond donors (Lipinski definition) is 1. The van der Waals surface area contributed by atoms with E-state index in [-0.39, 0.29) is 29.7 Å². The SMILES string of the molecule is C[C@@H]1CN(c2ncnc3c2C(C)(C)CN3c2cc(C#N)ccn2)[C@@H](C)CN1C(=O)C1(CO)CCS1(=O)=O. The first-order valence-corrected chi connectivity index (χ1v) is 14.0. The maximum absolute atomic E-state index is 13.4. The molecule has 37 heavy (non-hydrogen) atoms. The molecule has 11 nitrogen and oxygen atoms in total. The molecular formula is C25H31N7O4S. The topological polar surface area (TPSA) is 144 Å². The van der Waals surface area contributed by atoms with Gasteiger partial charge in [0.2, 0.25) is 5.91 Å². The summed E-state index contributed by atoms with van der Waals surface area (Å²) in [5.74, 6) is 1.56. The number of carbonyl (C=O) groups excluding carboxylic acids is 1. The number of nitriles is 1. The fourth-order valence-electron chi connectivity index (χ4n) is 5.74. The predicted octanol–water partition coefficient (Wildman–Crippen LogP) is 1.15. The van der Waals surface area contributed by atoms with Crippen molar-refractivity contribution in [1.29, 1.82) is 5.26 Å². The molecule has 1 unspecified atom stereocenters. The van der Waals surface area contributed by atoms with Crippen LogP contribution in [0.2, 0.25) is 0 Å². The highest BCUT2D eigenvalue weighted by Gasteiger charge is 2.60. The summed E-state index contributed by atoms with van der Waals surface area (Å²) in [6.07, 6.45) is 3.28. The summed E-state index contributed by atoms with van der Waals surface area (Å²) in [7, 11) is -3.66. The van der Waals surface area contributed by atoms with Crippen LogP contribution >= 0.6 is 0 Å². The van der Waals surface area contributed by atoms with Gasteiger partial charge in [-0.2, -0.15) is 5.26 Å². The van der Waals surface area contributed by atoms with Gasteiger partial charge in [0.1, 0.15) is 23.8 Å². The van der Waals surface area contributed by atoms with Crippen molar-refractivity contribution in [3.05, 3.63) is 35.8 Å². The Bertz CT molecular complexity index is 1400. The highest BCUT2D eigenvalue weighted by molar-refractivity contribution is 7.95. The monoisotopic (exact) mass is 525 g/mol. The van der Waals surface area contributed by atoms with E-state index < -0.39 is 27.1 Å². The Kier molecular flexibility index (Phi) is 5.91. The molecule has 0 bridgehead atoms. The number of pyridine rings is 1. The van der Waals surface area contributed by atoms with E-state index in [9.17, 15) is 23.6 Å². The van der Waals surface area contributed by atoms with E-state index in [1.807, 2.05) is 18.7 Å². The van der Waals surface area contributed by atoms with E-state index in [0.717, 1.165) is 17.2 Å². The largest absolute Gasteiger partial charge is 0.394 e. The smallest absolute Gasteiger partial charge is 0.246 e. The molecule has 1 N–H and O–H groups in total. The van der Waals surface area contributed by atoms with Gasteiger partial charge < -0.3 is 19.8 Å². The van der Waals surface area contributed by atoms with E-state index in [1.54, 1.807) is 23.2 Å². The van der Waals surface area contributed by atoms with Gasteiger partial charge in [0.25, 0.3) is 0 Å². The molecule has 1 amide bonds. The van der Waals surface area contributed by atoms with Crippen molar-refractivity contribution in [2.45, 2.75) is 56.4 Å². The number of aromatic nitrogens is 3. The second-order valence-corrected chi connectivity index (χ2v) is 13.3. The minimum atomic E-state index is -3.66. The quantitative estimate of drug-likeness (QED) is 0.617. The maximum Gasteiger partial charge on any atom is 0.246 e. The van der Waals surface area contributed by atoms with E-state index >= 15 is 0 Å². The Balaban J connectivity index is 1.47. The van der Waals surface area contributed by atoms with Crippen molar-refractivity contribution in [1.82, 2.24) is 19.9 Å². The minimum absolute atomic E-state index is 0.0754. The van der Waals surface area contributed by atoms with Crippen LogP contribution in [0.25, 0.3) is 0 Å². The number of aliphatic hydroxyl groups is 1. The first-order valence-electron chi connectivity index (χ1n) is 12.4. The first kappa shape index (κ1) is 25.4. The molecule has 0 saturated carbocycles. The van der Waals surface area contributed by atoms with Crippen LogP contribution in [0, 0.1) is 11.3 Å². The van der Waals surface area contributed by atoms with Crippen molar-refractivity contribution in [3.8, 4) is 6.07 Å². The molecule has 2 saturated heterocycles. The van der Waals surface area contributed by atoms with Gasteiger partial charge in [-0.25, -0.2) is 23.4 Å². The van der Waals surface area contributed by atoms with Gasteiger partial charge in [-0.15, -0.1) is 0 Å². The van der Waals surface area contributed by atoms with Crippen LogP contribution in [0.4, 0.5) is 17.5 Å². The lowest BCUT2D eigenvalue weighted by Crippen LogP contribution is -2.68. The molecule has 0 aliphatic carbocycles. The van der Waals surface area contributed by atoms with E-state index in [0.29, 0.717) is 31.0 Å². The highest BCUT2D eigenvalue weighted by atomic mass is 32.2. The molecule has 2 fully saturated rings. The molecule has 3 aliphatic heterocycles. The number of aliphatic hydroxyl groups excluding tert-OH is 1. The highest BCUT2D eigenvalue weighted by Crippen LogP contribution is 2.47. The lowest BCUT2D eigenvalue weighted by Gasteiger charge is -2.49. The van der Waals surface area contributed by atoms with Crippen LogP contribution < -0.4 is 9.80 Å². The van der Waals surface area contributed by atoms with Crippen LogP contribution in [-0.4, -0.2) is 88.1 Å². The third kappa shape index (κ3) is 3.75. The molecule has 5 heterocycles. The predicted molar refractivity (Wildman–Crippen MR) is 137 cm³/mol. The van der Waals surface area contributed by atoms with Crippen molar-refractivity contribution in [2.24, 2.45) is 0 Å². The number of carbonyl (C=O) groups is 1. The van der Waals surface area contributed by atoms with Crippen molar-refractivity contribution in [2.75, 3.05) is 41.8 Å². The molecule has 5 rings (SSSR count). The zero-order valence-corrected chi connectivity index (χ0v) is 22.2. The number of nitrogens with zero attached hydrogens (tertiary/aromatic N) is 7. The number of fused-ring (bicyclic) bond motifs is 1. The van der Waals surface area contributed by atoms with Gasteiger partial charge in [0.05, 0.1) is 24.0 Å². The van der Waals surface area contributed by atoms with Gasteiger partial charge in [-0.3, -0.25) is 4.79 Å². The van der Waals surface area contributed by atoms with Gasteiger partial charge >= 0.3 is 0 Å². The summed E-state index contributed by atoms with van der Waals surface area (Å²) in [6, 6.07) is 5.13. The Morgan fingerprint density at radius 2 is 1.92 bits per heavy atom. The molecule has 2 aromatic heterocycles.